The van der Waals surface area contributed by atoms with Gasteiger partial charge in [-0.25, -0.2) is 0 Å². The van der Waals surface area contributed by atoms with Crippen LogP contribution in [0.15, 0.2) is 188 Å². The predicted molar refractivity (Wildman–Crippen MR) is 221 cm³/mol. The van der Waals surface area contributed by atoms with Crippen LogP contribution >= 0.6 is 11.7 Å². The summed E-state index contributed by atoms with van der Waals surface area (Å²) in [4.78, 5) is 2.28. The molecular weight excluding hydrogens is 651 g/mol. The number of anilines is 3. The zero-order chi connectivity index (χ0) is 34.4. The summed E-state index contributed by atoms with van der Waals surface area (Å²) in [6.45, 7) is 0. The summed E-state index contributed by atoms with van der Waals surface area (Å²) in [5.41, 5.74) is 12.1. The Bertz CT molecular complexity index is 2800. The Morgan fingerprint density at radius 3 is 1.42 bits per heavy atom. The molecule has 0 unspecified atom stereocenters. The molecule has 0 radical (unpaired) electrons. The van der Waals surface area contributed by atoms with Crippen LogP contribution in [0.1, 0.15) is 0 Å². The van der Waals surface area contributed by atoms with Crippen molar-refractivity contribution < 1.29 is 0 Å². The molecule has 0 aliphatic rings. The molecule has 10 rings (SSSR count). The van der Waals surface area contributed by atoms with E-state index in [1.54, 1.807) is 0 Å². The maximum Gasteiger partial charge on any atom is 0.113 e. The Balaban J connectivity index is 1.12. The second kappa shape index (κ2) is 12.6. The average molecular weight is 682 g/mol. The fraction of sp³-hybridized carbons (Fsp3) is 0. The van der Waals surface area contributed by atoms with Gasteiger partial charge in [-0.3, -0.25) is 0 Å². The fourth-order valence-corrected chi connectivity index (χ4v) is 8.34. The number of nitrogens with zero attached hydrogens (tertiary/aromatic N) is 3. The molecule has 0 saturated heterocycles. The fourth-order valence-electron chi connectivity index (χ4n) is 7.77. The average Bonchev–Trinajstić information content (AvgIpc) is 3.71. The Morgan fingerprint density at radius 2 is 0.808 bits per heavy atom. The molecule has 9 aromatic carbocycles. The molecule has 0 fully saturated rings. The first-order valence-corrected chi connectivity index (χ1v) is 18.2. The van der Waals surface area contributed by atoms with Gasteiger partial charge in [-0.15, -0.1) is 0 Å². The van der Waals surface area contributed by atoms with Crippen LogP contribution in [0.4, 0.5) is 17.1 Å². The number of aromatic nitrogens is 2. The number of benzene rings is 9. The van der Waals surface area contributed by atoms with Gasteiger partial charge in [-0.1, -0.05) is 146 Å². The second-order valence-electron chi connectivity index (χ2n) is 13.1. The molecule has 3 nitrogen and oxygen atoms in total. The lowest BCUT2D eigenvalue weighted by molar-refractivity contribution is 1.28. The first-order chi connectivity index (χ1) is 25.8. The zero-order valence-corrected chi connectivity index (χ0v) is 29.0. The molecule has 0 atom stereocenters. The first-order valence-electron chi connectivity index (χ1n) is 17.5. The lowest BCUT2D eigenvalue weighted by atomic mass is 9.85. The van der Waals surface area contributed by atoms with Crippen molar-refractivity contribution in [3.8, 4) is 33.4 Å². The van der Waals surface area contributed by atoms with E-state index in [0.29, 0.717) is 0 Å². The van der Waals surface area contributed by atoms with Gasteiger partial charge in [0.25, 0.3) is 0 Å². The lowest BCUT2D eigenvalue weighted by Crippen LogP contribution is -2.09. The van der Waals surface area contributed by atoms with Gasteiger partial charge in [0.1, 0.15) is 11.0 Å². The number of hydrogen-bond acceptors (Lipinski definition) is 4. The van der Waals surface area contributed by atoms with Gasteiger partial charge in [-0.2, -0.15) is 8.75 Å². The van der Waals surface area contributed by atoms with Crippen LogP contribution in [-0.4, -0.2) is 8.75 Å². The molecule has 1 heterocycles. The Morgan fingerprint density at radius 1 is 0.346 bits per heavy atom. The highest BCUT2D eigenvalue weighted by molar-refractivity contribution is 7.00. The highest BCUT2D eigenvalue weighted by Gasteiger charge is 2.21. The highest BCUT2D eigenvalue weighted by atomic mass is 32.1. The van der Waals surface area contributed by atoms with Gasteiger partial charge in [0.2, 0.25) is 0 Å². The van der Waals surface area contributed by atoms with Crippen molar-refractivity contribution >= 4 is 72.1 Å². The largest absolute Gasteiger partial charge is 0.311 e. The monoisotopic (exact) mass is 681 g/mol. The smallest absolute Gasteiger partial charge is 0.113 e. The Kier molecular flexibility index (Phi) is 7.33. The molecule has 244 valence electrons. The lowest BCUT2D eigenvalue weighted by Gasteiger charge is -2.25. The number of para-hydroxylation sites is 2. The van der Waals surface area contributed by atoms with E-state index in [1.165, 1.54) is 60.7 Å². The van der Waals surface area contributed by atoms with Crippen molar-refractivity contribution in [2.75, 3.05) is 4.90 Å². The second-order valence-corrected chi connectivity index (χ2v) is 13.6. The minimum atomic E-state index is 0.921. The maximum absolute atomic E-state index is 4.96. The van der Waals surface area contributed by atoms with E-state index >= 15 is 0 Å². The quantitative estimate of drug-likeness (QED) is 0.164. The third kappa shape index (κ3) is 5.04. The summed E-state index contributed by atoms with van der Waals surface area (Å²) < 4.78 is 9.87. The summed E-state index contributed by atoms with van der Waals surface area (Å²) in [6, 6.07) is 67.3. The molecule has 0 saturated carbocycles. The van der Waals surface area contributed by atoms with E-state index in [-0.39, 0.29) is 0 Å². The molecule has 0 aliphatic heterocycles. The minimum absolute atomic E-state index is 0.921. The van der Waals surface area contributed by atoms with Gasteiger partial charge in [-0.05, 0) is 97.0 Å². The van der Waals surface area contributed by atoms with E-state index in [4.69, 9.17) is 8.75 Å². The van der Waals surface area contributed by atoms with Crippen LogP contribution in [0, 0.1) is 0 Å². The predicted octanol–water partition coefficient (Wildman–Crippen LogP) is 13.6. The number of fused-ring (bicyclic) bond motifs is 4. The summed E-state index contributed by atoms with van der Waals surface area (Å²) in [5.74, 6) is 0. The van der Waals surface area contributed by atoms with Gasteiger partial charge < -0.3 is 4.90 Å². The van der Waals surface area contributed by atoms with Crippen molar-refractivity contribution in [3.05, 3.63) is 188 Å². The van der Waals surface area contributed by atoms with Crippen LogP contribution in [-0.2, 0) is 0 Å². The van der Waals surface area contributed by atoms with E-state index in [0.717, 1.165) is 44.8 Å². The summed E-state index contributed by atoms with van der Waals surface area (Å²) in [5, 5.41) is 7.35. The van der Waals surface area contributed by atoms with E-state index in [9.17, 15) is 0 Å². The van der Waals surface area contributed by atoms with Crippen molar-refractivity contribution in [1.29, 1.82) is 0 Å². The van der Waals surface area contributed by atoms with Crippen LogP contribution in [0.5, 0.6) is 0 Å². The molecule has 0 bridgehead atoms. The zero-order valence-electron chi connectivity index (χ0n) is 28.1. The molecular formula is C48H31N3S. The number of rotatable bonds is 6. The normalized spacial score (nSPS) is 11.5. The van der Waals surface area contributed by atoms with Gasteiger partial charge in [0.05, 0.1) is 11.7 Å². The van der Waals surface area contributed by atoms with Crippen molar-refractivity contribution in [3.63, 3.8) is 0 Å². The molecule has 4 heteroatoms. The molecule has 0 amide bonds. The molecule has 1 aromatic heterocycles. The van der Waals surface area contributed by atoms with Crippen LogP contribution in [0.2, 0.25) is 0 Å². The summed E-state index contributed by atoms with van der Waals surface area (Å²) >= 11 is 1.28. The molecule has 0 N–H and O–H groups in total. The SMILES string of the molecule is c1ccc(N(c2ccccc2)c2ccc(-c3ccc(-c4c5ccccc5c(-c5ccc6ccccc6c5)c5ccccc45)c4nsnc34)cc2)cc1. The van der Waals surface area contributed by atoms with E-state index < -0.39 is 0 Å². The minimum Gasteiger partial charge on any atom is -0.311 e. The highest BCUT2D eigenvalue weighted by Crippen LogP contribution is 2.46. The van der Waals surface area contributed by atoms with Gasteiger partial charge in [0.15, 0.2) is 0 Å². The van der Waals surface area contributed by atoms with Crippen LogP contribution in [0.3, 0.4) is 0 Å². The molecule has 52 heavy (non-hydrogen) atoms. The van der Waals surface area contributed by atoms with Gasteiger partial charge in [0, 0.05) is 28.2 Å². The van der Waals surface area contributed by atoms with Crippen LogP contribution < -0.4 is 4.90 Å². The van der Waals surface area contributed by atoms with Gasteiger partial charge >= 0.3 is 0 Å². The van der Waals surface area contributed by atoms with Crippen molar-refractivity contribution in [1.82, 2.24) is 8.75 Å². The van der Waals surface area contributed by atoms with E-state index in [2.05, 4.69) is 193 Å². The Hall–Kier alpha value is -6.62. The maximum atomic E-state index is 4.96. The van der Waals surface area contributed by atoms with E-state index in [1.807, 2.05) is 0 Å². The topological polar surface area (TPSA) is 29.0 Å². The third-order valence-electron chi connectivity index (χ3n) is 10.1. The van der Waals surface area contributed by atoms with Crippen LogP contribution in [0.25, 0.3) is 76.7 Å². The summed E-state index contributed by atoms with van der Waals surface area (Å²) in [7, 11) is 0. The first kappa shape index (κ1) is 30.2. The third-order valence-corrected chi connectivity index (χ3v) is 10.6. The Labute approximate surface area is 306 Å². The summed E-state index contributed by atoms with van der Waals surface area (Å²) in [6.07, 6.45) is 0. The molecule has 0 aliphatic carbocycles. The van der Waals surface area contributed by atoms with Crippen molar-refractivity contribution in [2.24, 2.45) is 0 Å². The number of hydrogen-bond donors (Lipinski definition) is 0. The molecule has 10 aromatic rings. The van der Waals surface area contributed by atoms with Crippen molar-refractivity contribution in [2.45, 2.75) is 0 Å². The standard InChI is InChI=1S/C48H31N3S/c1-3-15-36(16-4-1)51(37-17-5-2-6-18-37)38-27-25-33(26-28-38)39-29-30-44(48-47(39)49-52-50-48)46-42-21-11-9-19-40(42)45(41-20-10-12-22-43(41)46)35-24-23-32-13-7-8-14-34(32)31-35/h1-31H. The molecule has 0 spiro atoms.